The van der Waals surface area contributed by atoms with Gasteiger partial charge in [-0.15, -0.1) is 29.0 Å². The third-order valence-electron chi connectivity index (χ3n) is 14.8. The highest BCUT2D eigenvalue weighted by Gasteiger charge is 2.27. The van der Waals surface area contributed by atoms with Crippen molar-refractivity contribution in [1.29, 1.82) is 0 Å². The minimum Gasteiger partial charge on any atom is -0.443 e. The Labute approximate surface area is 668 Å². The molecule has 8 rings (SSSR count). The average molecular weight is 1570 g/mol. The molecule has 0 saturated carbocycles. The average Bonchev–Trinajstić information content (AvgIpc) is 1.12. The zero-order chi connectivity index (χ0) is 82.9. The molecule has 4 amide bonds. The molecule has 0 bridgehead atoms. The van der Waals surface area contributed by atoms with Crippen LogP contribution in [0.5, 0.6) is 0 Å². The van der Waals surface area contributed by atoms with Gasteiger partial charge in [0.25, 0.3) is 0 Å². The summed E-state index contributed by atoms with van der Waals surface area (Å²) in [6, 6.07) is 46.9. The number of aromatic nitrogens is 6. The molecule has 0 aliphatic rings. The second-order valence-electron chi connectivity index (χ2n) is 28.8. The Hall–Kier alpha value is -12.0. The Morgan fingerprint density at radius 3 is 1.14 bits per heavy atom. The van der Waals surface area contributed by atoms with Crippen LogP contribution in [-0.4, -0.2) is 138 Å². The van der Waals surface area contributed by atoms with E-state index in [4.69, 9.17) is 36.4 Å². The van der Waals surface area contributed by atoms with Crippen molar-refractivity contribution < 1.29 is 51.3 Å². The molecule has 29 heteroatoms. The predicted molar refractivity (Wildman–Crippen MR) is 450 cm³/mol. The van der Waals surface area contributed by atoms with E-state index in [-0.39, 0.29) is 45.1 Å². The standard InChI is InChI=1S/C30H38FN5O4.C28H34N2O4.C21H23FN4.C3H7N3.C2H4FN3.ClH/c1-29(2,3)39-27(37)34(7)25-14-10-22(11-15-25)8-9-23-12-16-26(17-13-23)36(28(38)40-30(4,5)6)21-24-20-35(19-18-31)33-32-24;1-9-20-30(26(32)34-28(5,6)7)24-18-14-22(15-19-24)11-10-21-12-16-23(17-13-21)29(8)25(31)33-27(2,3)4;1-23-20-11-8-19(9-12-20)7-4-17-2-5-18(6-3-17)10-13-21-16-26(15-14-22)25-24-21;1-2-3-5-6-4;3-1-2-5-6-4;/h8-17,20H,18-19,21H2,1-7H3;1,10-19H,20H2,2-8H3;2-9,11-12,16,23H,10,13-15H2,1H3;2-3H2,1H3;1-2H2;1H/b9-8+;11-10+;7-4+;;;/i31-1;;22-1;;3-1;. The van der Waals surface area contributed by atoms with Crippen molar-refractivity contribution in [2.45, 2.75) is 151 Å². The Morgan fingerprint density at radius 1 is 0.487 bits per heavy atom. The van der Waals surface area contributed by atoms with E-state index in [2.05, 4.69) is 113 Å². The number of aryl methyl sites for hydroxylation is 4. The van der Waals surface area contributed by atoms with Crippen LogP contribution < -0.4 is 24.9 Å². The fourth-order valence-electron chi connectivity index (χ4n) is 9.32. The lowest BCUT2D eigenvalue weighted by atomic mass is 10.1. The van der Waals surface area contributed by atoms with Gasteiger partial charge in [-0.2, -0.15) is 0 Å². The summed E-state index contributed by atoms with van der Waals surface area (Å²) >= 11 is 0. The van der Waals surface area contributed by atoms with Crippen molar-refractivity contribution in [1.82, 2.24) is 30.0 Å². The third-order valence-corrected chi connectivity index (χ3v) is 14.8. The molecule has 2 aromatic heterocycles. The number of anilines is 5. The number of azide groups is 2. The lowest BCUT2D eigenvalue weighted by Crippen LogP contribution is -2.37. The predicted octanol–water partition coefficient (Wildman–Crippen LogP) is 21.0. The number of hydrogen-bond acceptors (Lipinski definition) is 15. The molecular formula is C84H107ClF3N17O8. The van der Waals surface area contributed by atoms with E-state index < -0.39 is 66.8 Å². The maximum atomic E-state index is 13.0. The van der Waals surface area contributed by atoms with Gasteiger partial charge in [-0.05, 0) is 207 Å². The molecular weight excluding hydrogens is 1460 g/mol. The lowest BCUT2D eigenvalue weighted by molar-refractivity contribution is 0.0568. The van der Waals surface area contributed by atoms with Gasteiger partial charge in [0.2, 0.25) is 0 Å². The first-order valence-electron chi connectivity index (χ1n) is 36.3. The number of carbonyl (C=O) groups is 4. The second-order valence-corrected chi connectivity index (χ2v) is 28.8. The van der Waals surface area contributed by atoms with E-state index in [1.54, 1.807) is 45.7 Å². The first-order valence-corrected chi connectivity index (χ1v) is 36.3. The van der Waals surface area contributed by atoms with Gasteiger partial charge in [0.05, 0.1) is 51.3 Å². The SMILES string of the molecule is C#CCN(C(=O)OC(C)(C)C)c1ccc(/C=C/c2ccc(N(C)C(=O)OC(C)(C)C)cc2)cc1.CCCN=[N+]=[N-].CN(C(=O)OC(C)(C)C)c1ccc(/C=C/c2ccc(N(Cc3cn(CC[18F])nn3)C(=O)OC(C)(C)C)cc2)cc1.CNc1ccc(/C=C/c2ccc(CCc3cn(CC[18F])nn3)cc2)cc1.Cl.[N-]=[N+]=NCC[18F]. The second kappa shape index (κ2) is 48.6. The van der Waals surface area contributed by atoms with Crippen LogP contribution in [0.2, 0.25) is 0 Å². The minimum atomic E-state index is -0.679. The molecule has 0 atom stereocenters. The fraction of sp³-hybridized carbons (Fsp3) is 0.381. The fourth-order valence-corrected chi connectivity index (χ4v) is 9.32. The van der Waals surface area contributed by atoms with Gasteiger partial charge in [0.15, 0.2) is 0 Å². The Balaban J connectivity index is 0.000000412. The first kappa shape index (κ1) is 95.2. The van der Waals surface area contributed by atoms with Crippen LogP contribution in [-0.2, 0) is 51.4 Å². The lowest BCUT2D eigenvalue weighted by Gasteiger charge is -2.27. The van der Waals surface area contributed by atoms with Crippen molar-refractivity contribution in [2.24, 2.45) is 10.2 Å². The van der Waals surface area contributed by atoms with E-state index >= 15 is 0 Å². The highest BCUT2D eigenvalue weighted by Crippen LogP contribution is 2.26. The highest BCUT2D eigenvalue weighted by molar-refractivity contribution is 5.91. The monoisotopic (exact) mass is 1570 g/mol. The topological polar surface area (TPSA) is 289 Å². The first-order chi connectivity index (χ1) is 53.1. The number of hydrogen-bond donors (Lipinski definition) is 1. The molecule has 604 valence electrons. The number of halogens is 4. The van der Waals surface area contributed by atoms with E-state index in [1.165, 1.54) is 41.0 Å². The molecule has 0 saturated heterocycles. The molecule has 0 fully saturated rings. The van der Waals surface area contributed by atoms with E-state index in [9.17, 15) is 32.3 Å². The van der Waals surface area contributed by atoms with Crippen LogP contribution in [0.1, 0.15) is 147 Å². The summed E-state index contributed by atoms with van der Waals surface area (Å²) in [5.41, 5.74) is 25.4. The molecule has 2 heterocycles. The summed E-state index contributed by atoms with van der Waals surface area (Å²) in [6.07, 6.45) is 21.8. The summed E-state index contributed by atoms with van der Waals surface area (Å²) < 4.78 is 60.7. The molecule has 1 N–H and O–H groups in total. The number of rotatable bonds is 25. The number of nitrogens with one attached hydrogen (secondary N) is 1. The van der Waals surface area contributed by atoms with Gasteiger partial charge in [-0.25, -0.2) is 37.3 Å². The van der Waals surface area contributed by atoms with Gasteiger partial charge < -0.3 is 24.3 Å². The van der Waals surface area contributed by atoms with Crippen LogP contribution in [0.15, 0.2) is 168 Å². The van der Waals surface area contributed by atoms with E-state index in [0.29, 0.717) is 23.6 Å². The van der Waals surface area contributed by atoms with Crippen LogP contribution in [0.3, 0.4) is 0 Å². The summed E-state index contributed by atoms with van der Waals surface area (Å²) in [5, 5.41) is 25.2. The van der Waals surface area contributed by atoms with Gasteiger partial charge >= 0.3 is 24.4 Å². The molecule has 0 aliphatic heterocycles. The highest BCUT2D eigenvalue weighted by atomic mass is 35.5. The van der Waals surface area contributed by atoms with E-state index in [1.807, 2.05) is 204 Å². The summed E-state index contributed by atoms with van der Waals surface area (Å²) in [5.74, 6) is 2.50. The maximum Gasteiger partial charge on any atom is 0.415 e. The number of benzene rings is 6. The number of ether oxygens (including phenoxy) is 4. The van der Waals surface area contributed by atoms with Gasteiger partial charge in [0.1, 0.15) is 41.4 Å². The molecule has 0 radical (unpaired) electrons. The largest absolute Gasteiger partial charge is 0.443 e. The number of carbonyl (C=O) groups excluding carboxylic acids is 4. The van der Waals surface area contributed by atoms with Crippen molar-refractivity contribution >= 4 is 102 Å². The molecule has 8 aromatic rings. The maximum absolute atomic E-state index is 13.0. The van der Waals surface area contributed by atoms with Crippen molar-refractivity contribution in [3.63, 3.8) is 0 Å². The third kappa shape index (κ3) is 38.0. The molecule has 0 spiro atoms. The summed E-state index contributed by atoms with van der Waals surface area (Å²) in [4.78, 5) is 60.8. The Kier molecular flexibility index (Phi) is 40.9. The van der Waals surface area contributed by atoms with Crippen molar-refractivity contribution in [3.05, 3.63) is 229 Å². The van der Waals surface area contributed by atoms with Crippen LogP contribution in [0.4, 0.5) is 60.8 Å². The van der Waals surface area contributed by atoms with Crippen molar-refractivity contribution in [2.75, 3.05) is 85.7 Å². The van der Waals surface area contributed by atoms with E-state index in [0.717, 1.165) is 64.3 Å². The number of terminal acetylenes is 1. The quantitative estimate of drug-likeness (QED) is 0.0139. The molecule has 113 heavy (non-hydrogen) atoms. The molecule has 0 aliphatic carbocycles. The van der Waals surface area contributed by atoms with Gasteiger partial charge in [0, 0.05) is 72.1 Å². The molecule has 6 aromatic carbocycles. The molecule has 25 nitrogen and oxygen atoms in total. The molecule has 0 unspecified atom stereocenters. The van der Waals surface area contributed by atoms with Crippen LogP contribution >= 0.6 is 12.4 Å². The number of alkyl halides is 3. The normalized spacial score (nSPS) is 11.0. The zero-order valence-electron chi connectivity index (χ0n) is 67.5. The Bertz CT molecular complexity index is 4400. The van der Waals surface area contributed by atoms with Crippen molar-refractivity contribution in [3.8, 4) is 12.3 Å². The zero-order valence-corrected chi connectivity index (χ0v) is 68.3. The Morgan fingerprint density at radius 2 is 0.814 bits per heavy atom. The van der Waals surface area contributed by atoms with Gasteiger partial charge in [-0.3, -0.25) is 24.0 Å². The number of nitrogens with zero attached hydrogens (tertiary/aromatic N) is 16. The summed E-state index contributed by atoms with van der Waals surface area (Å²) in [7, 11) is 5.27. The minimum absolute atomic E-state index is 0. The smallest absolute Gasteiger partial charge is 0.415 e. The van der Waals surface area contributed by atoms with Crippen LogP contribution in [0.25, 0.3) is 57.3 Å². The van der Waals surface area contributed by atoms with Crippen LogP contribution in [0, 0.1) is 12.3 Å². The van der Waals surface area contributed by atoms with Gasteiger partial charge in [-0.1, -0.05) is 161 Å². The summed E-state index contributed by atoms with van der Waals surface area (Å²) in [6.45, 7) is 23.5. The number of amides is 4.